The molecule has 1 N–H and O–H groups in total. The van der Waals surface area contributed by atoms with Gasteiger partial charge in [0, 0.05) is 37.6 Å². The van der Waals surface area contributed by atoms with E-state index in [9.17, 15) is 9.59 Å². The predicted molar refractivity (Wildman–Crippen MR) is 96.1 cm³/mol. The largest absolute Gasteiger partial charge is 0.352 e. The number of carbonyl (C=O) groups excluding carboxylic acids is 2. The van der Waals surface area contributed by atoms with E-state index in [-0.39, 0.29) is 11.8 Å². The van der Waals surface area contributed by atoms with Gasteiger partial charge in [-0.3, -0.25) is 9.59 Å². The first-order valence-corrected chi connectivity index (χ1v) is 8.16. The number of nitrogens with zero attached hydrogens (tertiary/aromatic N) is 1. The van der Waals surface area contributed by atoms with Gasteiger partial charge in [-0.2, -0.15) is 0 Å². The molecule has 0 fully saturated rings. The lowest BCUT2D eigenvalue weighted by Gasteiger charge is -2.11. The number of amides is 2. The third-order valence-electron chi connectivity index (χ3n) is 3.68. The lowest BCUT2D eigenvalue weighted by atomic mass is 10.1. The van der Waals surface area contributed by atoms with Crippen LogP contribution in [-0.2, 0) is 17.8 Å². The first kappa shape index (κ1) is 18.0. The standard InChI is InChI=1S/C19H21ClN2O2/c1-22(2)19(24)16-9-7-14(8-10-16)13-21-18(23)12-11-15-5-3-4-6-17(15)20/h3-10H,11-13H2,1-2H3,(H,21,23). The highest BCUT2D eigenvalue weighted by Crippen LogP contribution is 2.16. The van der Waals surface area contributed by atoms with Crippen LogP contribution in [0.1, 0.15) is 27.9 Å². The Morgan fingerprint density at radius 1 is 1.04 bits per heavy atom. The van der Waals surface area contributed by atoms with E-state index in [0.717, 1.165) is 11.1 Å². The van der Waals surface area contributed by atoms with Crippen molar-refractivity contribution in [3.05, 3.63) is 70.2 Å². The first-order chi connectivity index (χ1) is 11.5. The lowest BCUT2D eigenvalue weighted by Crippen LogP contribution is -2.23. The molecule has 0 bridgehead atoms. The van der Waals surface area contributed by atoms with Crippen LogP contribution in [0.4, 0.5) is 0 Å². The third-order valence-corrected chi connectivity index (χ3v) is 4.04. The van der Waals surface area contributed by atoms with E-state index in [1.54, 1.807) is 26.2 Å². The summed E-state index contributed by atoms with van der Waals surface area (Å²) in [5, 5.41) is 3.57. The fourth-order valence-electron chi connectivity index (χ4n) is 2.26. The summed E-state index contributed by atoms with van der Waals surface area (Å²) in [6, 6.07) is 14.8. The third kappa shape index (κ3) is 5.10. The second-order valence-corrected chi connectivity index (χ2v) is 6.17. The zero-order valence-corrected chi connectivity index (χ0v) is 14.6. The van der Waals surface area contributed by atoms with E-state index in [1.807, 2.05) is 36.4 Å². The molecule has 0 saturated heterocycles. The number of carbonyl (C=O) groups is 2. The Morgan fingerprint density at radius 2 is 1.71 bits per heavy atom. The summed E-state index contributed by atoms with van der Waals surface area (Å²) in [6.45, 7) is 0.442. The summed E-state index contributed by atoms with van der Waals surface area (Å²) in [7, 11) is 3.44. The van der Waals surface area contributed by atoms with Crippen molar-refractivity contribution in [1.29, 1.82) is 0 Å². The topological polar surface area (TPSA) is 49.4 Å². The Morgan fingerprint density at radius 3 is 2.33 bits per heavy atom. The van der Waals surface area contributed by atoms with Gasteiger partial charge in [-0.1, -0.05) is 41.9 Å². The lowest BCUT2D eigenvalue weighted by molar-refractivity contribution is -0.121. The number of rotatable bonds is 6. The minimum Gasteiger partial charge on any atom is -0.352 e. The van der Waals surface area contributed by atoms with Gasteiger partial charge >= 0.3 is 0 Å². The monoisotopic (exact) mass is 344 g/mol. The average Bonchev–Trinajstić information content (AvgIpc) is 2.59. The number of aryl methyl sites for hydroxylation is 1. The Kier molecular flexibility index (Phi) is 6.38. The number of nitrogens with one attached hydrogen (secondary N) is 1. The molecule has 126 valence electrons. The van der Waals surface area contributed by atoms with Gasteiger partial charge in [0.25, 0.3) is 5.91 Å². The van der Waals surface area contributed by atoms with Gasteiger partial charge in [-0.25, -0.2) is 0 Å². The summed E-state index contributed by atoms with van der Waals surface area (Å²) in [6.07, 6.45) is 1.00. The van der Waals surface area contributed by atoms with Gasteiger partial charge in [0.1, 0.15) is 0 Å². The molecular formula is C19H21ClN2O2. The molecule has 0 radical (unpaired) electrons. The summed E-state index contributed by atoms with van der Waals surface area (Å²) < 4.78 is 0. The second kappa shape index (κ2) is 8.50. The van der Waals surface area contributed by atoms with Crippen molar-refractivity contribution in [2.45, 2.75) is 19.4 Å². The van der Waals surface area contributed by atoms with Crippen LogP contribution in [0.5, 0.6) is 0 Å². The Balaban J connectivity index is 1.81. The molecule has 0 heterocycles. The highest BCUT2D eigenvalue weighted by Gasteiger charge is 2.08. The van der Waals surface area contributed by atoms with Gasteiger partial charge < -0.3 is 10.2 Å². The summed E-state index contributed by atoms with van der Waals surface area (Å²) in [4.78, 5) is 25.3. The number of benzene rings is 2. The van der Waals surface area contributed by atoms with Crippen LogP contribution in [0.2, 0.25) is 5.02 Å². The van der Waals surface area contributed by atoms with E-state index in [0.29, 0.717) is 30.0 Å². The van der Waals surface area contributed by atoms with E-state index < -0.39 is 0 Å². The molecule has 2 aromatic rings. The van der Waals surface area contributed by atoms with Crippen molar-refractivity contribution in [2.24, 2.45) is 0 Å². The van der Waals surface area contributed by atoms with Crippen molar-refractivity contribution in [3.63, 3.8) is 0 Å². The van der Waals surface area contributed by atoms with Gasteiger partial charge in [-0.05, 0) is 35.7 Å². The van der Waals surface area contributed by atoms with Crippen LogP contribution in [0.3, 0.4) is 0 Å². The molecule has 0 saturated carbocycles. The van der Waals surface area contributed by atoms with Gasteiger partial charge in [0.05, 0.1) is 0 Å². The molecule has 0 aliphatic carbocycles. The van der Waals surface area contributed by atoms with Gasteiger partial charge in [0.2, 0.25) is 5.91 Å². The summed E-state index contributed by atoms with van der Waals surface area (Å²) in [5.74, 6) is -0.0614. The molecule has 0 unspecified atom stereocenters. The highest BCUT2D eigenvalue weighted by molar-refractivity contribution is 6.31. The van der Waals surface area contributed by atoms with Gasteiger partial charge in [-0.15, -0.1) is 0 Å². The molecular weight excluding hydrogens is 324 g/mol. The predicted octanol–water partition coefficient (Wildman–Crippen LogP) is 3.29. The van der Waals surface area contributed by atoms with E-state index >= 15 is 0 Å². The molecule has 0 aliphatic heterocycles. The van der Waals surface area contributed by atoms with Crippen molar-refractivity contribution >= 4 is 23.4 Å². The summed E-state index contributed by atoms with van der Waals surface area (Å²) in [5.41, 5.74) is 2.56. The van der Waals surface area contributed by atoms with E-state index in [2.05, 4.69) is 5.32 Å². The van der Waals surface area contributed by atoms with Crippen molar-refractivity contribution in [2.75, 3.05) is 14.1 Å². The molecule has 0 aliphatic rings. The zero-order chi connectivity index (χ0) is 17.5. The zero-order valence-electron chi connectivity index (χ0n) is 13.9. The van der Waals surface area contributed by atoms with E-state index in [1.165, 1.54) is 4.90 Å². The first-order valence-electron chi connectivity index (χ1n) is 7.78. The van der Waals surface area contributed by atoms with Crippen molar-refractivity contribution in [3.8, 4) is 0 Å². The van der Waals surface area contributed by atoms with E-state index in [4.69, 9.17) is 11.6 Å². The van der Waals surface area contributed by atoms with Crippen LogP contribution in [0.15, 0.2) is 48.5 Å². The second-order valence-electron chi connectivity index (χ2n) is 5.76. The number of halogens is 1. The normalized spacial score (nSPS) is 10.3. The van der Waals surface area contributed by atoms with Crippen LogP contribution in [-0.4, -0.2) is 30.8 Å². The molecule has 24 heavy (non-hydrogen) atoms. The fraction of sp³-hybridized carbons (Fsp3) is 0.263. The maximum absolute atomic E-state index is 12.0. The molecule has 2 amide bonds. The smallest absolute Gasteiger partial charge is 0.253 e. The van der Waals surface area contributed by atoms with Crippen LogP contribution < -0.4 is 5.32 Å². The number of hydrogen-bond donors (Lipinski definition) is 1. The van der Waals surface area contributed by atoms with Crippen molar-refractivity contribution < 1.29 is 9.59 Å². The summed E-state index contributed by atoms with van der Waals surface area (Å²) >= 11 is 6.08. The number of hydrogen-bond acceptors (Lipinski definition) is 2. The molecule has 0 spiro atoms. The Bertz CT molecular complexity index is 712. The van der Waals surface area contributed by atoms with Crippen LogP contribution >= 0.6 is 11.6 Å². The average molecular weight is 345 g/mol. The van der Waals surface area contributed by atoms with Gasteiger partial charge in [0.15, 0.2) is 0 Å². The molecule has 0 aromatic heterocycles. The minimum absolute atomic E-state index is 0.0247. The van der Waals surface area contributed by atoms with Crippen molar-refractivity contribution in [1.82, 2.24) is 10.2 Å². The quantitative estimate of drug-likeness (QED) is 0.874. The minimum atomic E-state index is -0.0367. The van der Waals surface area contributed by atoms with Crippen LogP contribution in [0.25, 0.3) is 0 Å². The van der Waals surface area contributed by atoms with Crippen LogP contribution in [0, 0.1) is 0 Å². The molecule has 2 aromatic carbocycles. The fourth-order valence-corrected chi connectivity index (χ4v) is 2.49. The highest BCUT2D eigenvalue weighted by atomic mass is 35.5. The molecule has 2 rings (SSSR count). The Labute approximate surface area is 147 Å². The SMILES string of the molecule is CN(C)C(=O)c1ccc(CNC(=O)CCc2ccccc2Cl)cc1. The molecule has 5 heteroatoms. The maximum Gasteiger partial charge on any atom is 0.253 e. The Hall–Kier alpha value is -2.33. The molecule has 4 nitrogen and oxygen atoms in total. The maximum atomic E-state index is 12.0. The molecule has 0 atom stereocenters.